The summed E-state index contributed by atoms with van der Waals surface area (Å²) < 4.78 is 0. The molecular formula is C8H14O2. The molecule has 0 saturated heterocycles. The SMILES string of the molecule is C=C(C)C(=O)[C@@](C)(O)CC. The Morgan fingerprint density at radius 3 is 2.20 bits per heavy atom. The first-order valence-electron chi connectivity index (χ1n) is 3.34. The van der Waals surface area contributed by atoms with Crippen molar-refractivity contribution in [2.75, 3.05) is 0 Å². The van der Waals surface area contributed by atoms with Gasteiger partial charge < -0.3 is 5.11 Å². The molecule has 0 saturated carbocycles. The largest absolute Gasteiger partial charge is 0.382 e. The summed E-state index contributed by atoms with van der Waals surface area (Å²) >= 11 is 0. The van der Waals surface area contributed by atoms with Crippen molar-refractivity contribution in [3.63, 3.8) is 0 Å². The fraction of sp³-hybridized carbons (Fsp3) is 0.625. The Morgan fingerprint density at radius 1 is 1.70 bits per heavy atom. The van der Waals surface area contributed by atoms with Crippen LogP contribution in [0.2, 0.25) is 0 Å². The number of ketones is 1. The molecule has 0 rings (SSSR count). The molecule has 0 heterocycles. The molecule has 1 N–H and O–H groups in total. The molecule has 1 atom stereocenters. The number of Topliss-reactive ketones (excluding diaryl/α,β-unsaturated/α-hetero) is 1. The van der Waals surface area contributed by atoms with E-state index in [1.165, 1.54) is 6.92 Å². The normalized spacial score (nSPS) is 16.0. The van der Waals surface area contributed by atoms with E-state index < -0.39 is 5.60 Å². The predicted molar refractivity (Wildman–Crippen MR) is 40.7 cm³/mol. The van der Waals surface area contributed by atoms with Crippen molar-refractivity contribution in [2.45, 2.75) is 32.8 Å². The van der Waals surface area contributed by atoms with Crippen molar-refractivity contribution in [3.8, 4) is 0 Å². The maximum absolute atomic E-state index is 11.0. The van der Waals surface area contributed by atoms with Crippen LogP contribution in [-0.4, -0.2) is 16.5 Å². The quantitative estimate of drug-likeness (QED) is 0.603. The first-order chi connectivity index (χ1) is 4.41. The van der Waals surface area contributed by atoms with Crippen LogP contribution >= 0.6 is 0 Å². The van der Waals surface area contributed by atoms with Crippen molar-refractivity contribution < 1.29 is 9.90 Å². The molecule has 2 heteroatoms. The molecule has 0 aromatic carbocycles. The molecule has 0 spiro atoms. The number of hydrogen-bond donors (Lipinski definition) is 1. The Hall–Kier alpha value is -0.630. The van der Waals surface area contributed by atoms with E-state index in [0.717, 1.165) is 0 Å². The summed E-state index contributed by atoms with van der Waals surface area (Å²) in [5.41, 5.74) is -0.807. The third-order valence-corrected chi connectivity index (χ3v) is 1.57. The van der Waals surface area contributed by atoms with Crippen LogP contribution in [0, 0.1) is 0 Å². The fourth-order valence-corrected chi connectivity index (χ4v) is 0.620. The van der Waals surface area contributed by atoms with E-state index in [1.54, 1.807) is 13.8 Å². The van der Waals surface area contributed by atoms with Gasteiger partial charge >= 0.3 is 0 Å². The molecule has 58 valence electrons. The highest BCUT2D eigenvalue weighted by Crippen LogP contribution is 2.13. The van der Waals surface area contributed by atoms with Crippen molar-refractivity contribution >= 4 is 5.78 Å². The van der Waals surface area contributed by atoms with E-state index in [0.29, 0.717) is 12.0 Å². The zero-order valence-corrected chi connectivity index (χ0v) is 6.77. The van der Waals surface area contributed by atoms with Crippen LogP contribution < -0.4 is 0 Å². The van der Waals surface area contributed by atoms with Gasteiger partial charge in [-0.05, 0) is 25.8 Å². The first kappa shape index (κ1) is 9.37. The van der Waals surface area contributed by atoms with Crippen LogP contribution in [0.1, 0.15) is 27.2 Å². The molecule has 0 amide bonds. The average Bonchev–Trinajstić information content (AvgIpc) is 1.86. The summed E-state index contributed by atoms with van der Waals surface area (Å²) in [6.07, 6.45) is 0.429. The van der Waals surface area contributed by atoms with Crippen LogP contribution in [0.5, 0.6) is 0 Å². The highest BCUT2D eigenvalue weighted by atomic mass is 16.3. The minimum Gasteiger partial charge on any atom is -0.382 e. The van der Waals surface area contributed by atoms with Crippen LogP contribution in [0.4, 0.5) is 0 Å². The van der Waals surface area contributed by atoms with Gasteiger partial charge in [0.1, 0.15) is 5.60 Å². The molecule has 0 bridgehead atoms. The van der Waals surface area contributed by atoms with Crippen LogP contribution in [0.25, 0.3) is 0 Å². The van der Waals surface area contributed by atoms with Crippen molar-refractivity contribution in [1.29, 1.82) is 0 Å². The summed E-state index contributed by atoms with van der Waals surface area (Å²) in [5, 5.41) is 9.35. The van der Waals surface area contributed by atoms with Crippen molar-refractivity contribution in [2.24, 2.45) is 0 Å². The average molecular weight is 142 g/mol. The lowest BCUT2D eigenvalue weighted by molar-refractivity contribution is -0.131. The number of carbonyl (C=O) groups excluding carboxylic acids is 1. The van der Waals surface area contributed by atoms with Crippen LogP contribution in [-0.2, 0) is 4.79 Å². The zero-order chi connectivity index (χ0) is 8.36. The predicted octanol–water partition coefficient (Wildman–Crippen LogP) is 1.29. The minimum atomic E-state index is -1.22. The number of aliphatic hydroxyl groups is 1. The fourth-order valence-electron chi connectivity index (χ4n) is 0.620. The summed E-state index contributed by atoms with van der Waals surface area (Å²) in [4.78, 5) is 11.0. The first-order valence-corrected chi connectivity index (χ1v) is 3.34. The molecule has 0 aliphatic carbocycles. The maximum atomic E-state index is 11.0. The Morgan fingerprint density at radius 2 is 2.10 bits per heavy atom. The van der Waals surface area contributed by atoms with E-state index in [-0.39, 0.29) is 5.78 Å². The summed E-state index contributed by atoms with van der Waals surface area (Å²) in [6.45, 7) is 8.33. The number of hydrogen-bond acceptors (Lipinski definition) is 2. The second kappa shape index (κ2) is 2.97. The lowest BCUT2D eigenvalue weighted by Gasteiger charge is -2.18. The standard InChI is InChI=1S/C8H14O2/c1-5-8(4,10)7(9)6(2)3/h10H,2,5H2,1,3-4H3/t8-/m0/s1. The van der Waals surface area contributed by atoms with Gasteiger partial charge in [-0.25, -0.2) is 0 Å². The van der Waals surface area contributed by atoms with Gasteiger partial charge in [0.05, 0.1) is 0 Å². The lowest BCUT2D eigenvalue weighted by Crippen LogP contribution is -2.34. The second-order valence-electron chi connectivity index (χ2n) is 2.74. The second-order valence-corrected chi connectivity index (χ2v) is 2.74. The third kappa shape index (κ3) is 1.95. The molecule has 2 nitrogen and oxygen atoms in total. The minimum absolute atomic E-state index is 0.269. The molecule has 0 aliphatic rings. The van der Waals surface area contributed by atoms with Gasteiger partial charge in [-0.3, -0.25) is 4.79 Å². The molecule has 0 fully saturated rings. The molecular weight excluding hydrogens is 128 g/mol. The Bertz CT molecular complexity index is 157. The monoisotopic (exact) mass is 142 g/mol. The number of carbonyl (C=O) groups is 1. The van der Waals surface area contributed by atoms with Crippen molar-refractivity contribution in [3.05, 3.63) is 12.2 Å². The highest BCUT2D eigenvalue weighted by Gasteiger charge is 2.27. The maximum Gasteiger partial charge on any atom is 0.189 e. The third-order valence-electron chi connectivity index (χ3n) is 1.57. The van der Waals surface area contributed by atoms with Gasteiger partial charge in [0, 0.05) is 0 Å². The van der Waals surface area contributed by atoms with Gasteiger partial charge in [0.25, 0.3) is 0 Å². The molecule has 0 aromatic heterocycles. The lowest BCUT2D eigenvalue weighted by atomic mass is 9.94. The van der Waals surface area contributed by atoms with Gasteiger partial charge in [-0.1, -0.05) is 13.5 Å². The topological polar surface area (TPSA) is 37.3 Å². The summed E-state index contributed by atoms with van der Waals surface area (Å²) in [7, 11) is 0. The van der Waals surface area contributed by atoms with Crippen LogP contribution in [0.15, 0.2) is 12.2 Å². The summed E-state index contributed by atoms with van der Waals surface area (Å²) in [6, 6.07) is 0. The molecule has 10 heavy (non-hydrogen) atoms. The molecule has 0 aliphatic heterocycles. The van der Waals surface area contributed by atoms with Gasteiger partial charge in [-0.15, -0.1) is 0 Å². The van der Waals surface area contributed by atoms with E-state index in [4.69, 9.17) is 0 Å². The highest BCUT2D eigenvalue weighted by molar-refractivity contribution is 6.00. The van der Waals surface area contributed by atoms with Crippen LogP contribution in [0.3, 0.4) is 0 Å². The molecule has 0 radical (unpaired) electrons. The number of rotatable bonds is 3. The van der Waals surface area contributed by atoms with Gasteiger partial charge in [-0.2, -0.15) is 0 Å². The molecule has 0 aromatic rings. The van der Waals surface area contributed by atoms with E-state index in [1.807, 2.05) is 0 Å². The summed E-state index contributed by atoms with van der Waals surface area (Å²) in [5.74, 6) is -0.269. The van der Waals surface area contributed by atoms with Gasteiger partial charge in [0.15, 0.2) is 5.78 Å². The zero-order valence-electron chi connectivity index (χ0n) is 6.77. The van der Waals surface area contributed by atoms with Crippen molar-refractivity contribution in [1.82, 2.24) is 0 Å². The van der Waals surface area contributed by atoms with E-state index in [9.17, 15) is 9.90 Å². The Balaban J connectivity index is 4.33. The Kier molecular flexibility index (Phi) is 2.78. The van der Waals surface area contributed by atoms with E-state index in [2.05, 4.69) is 6.58 Å². The smallest absolute Gasteiger partial charge is 0.189 e. The van der Waals surface area contributed by atoms with E-state index >= 15 is 0 Å². The molecule has 0 unspecified atom stereocenters. The Labute approximate surface area is 61.6 Å². The van der Waals surface area contributed by atoms with Gasteiger partial charge in [0.2, 0.25) is 0 Å².